The van der Waals surface area contributed by atoms with E-state index in [0.717, 1.165) is 42.7 Å². The van der Waals surface area contributed by atoms with E-state index < -0.39 is 5.41 Å². The predicted octanol–water partition coefficient (Wildman–Crippen LogP) is 4.29. The Morgan fingerprint density at radius 1 is 1.25 bits per heavy atom. The molecule has 1 aliphatic carbocycles. The SMILES string of the molecule is CC(Cc1ccc(Cl)cc1)NC(=O)C1(c2cccnc2)CCCC1. The van der Waals surface area contributed by atoms with Crippen LogP contribution in [0.5, 0.6) is 0 Å². The summed E-state index contributed by atoms with van der Waals surface area (Å²) in [4.78, 5) is 17.3. The number of carbonyl (C=O) groups is 1. The summed E-state index contributed by atoms with van der Waals surface area (Å²) in [5.74, 6) is 0.134. The average molecular weight is 343 g/mol. The van der Waals surface area contributed by atoms with Crippen LogP contribution in [-0.2, 0) is 16.6 Å². The lowest BCUT2D eigenvalue weighted by atomic mass is 9.78. The Kier molecular flexibility index (Phi) is 5.20. The van der Waals surface area contributed by atoms with Gasteiger partial charge in [0.25, 0.3) is 0 Å². The van der Waals surface area contributed by atoms with Gasteiger partial charge in [-0.3, -0.25) is 9.78 Å². The molecular formula is C20H23ClN2O. The minimum Gasteiger partial charge on any atom is -0.353 e. The number of carbonyl (C=O) groups excluding carboxylic acids is 1. The Morgan fingerprint density at radius 3 is 2.58 bits per heavy atom. The highest BCUT2D eigenvalue weighted by Gasteiger charge is 2.43. The van der Waals surface area contributed by atoms with E-state index in [1.807, 2.05) is 42.6 Å². The predicted molar refractivity (Wildman–Crippen MR) is 97.1 cm³/mol. The molecule has 0 bridgehead atoms. The number of hydrogen-bond donors (Lipinski definition) is 1. The highest BCUT2D eigenvalue weighted by molar-refractivity contribution is 6.30. The molecule has 1 aromatic carbocycles. The van der Waals surface area contributed by atoms with Crippen molar-refractivity contribution in [1.82, 2.24) is 10.3 Å². The smallest absolute Gasteiger partial charge is 0.230 e. The van der Waals surface area contributed by atoms with Gasteiger partial charge in [-0.1, -0.05) is 42.6 Å². The number of amides is 1. The Labute approximate surface area is 148 Å². The Balaban J connectivity index is 1.71. The summed E-state index contributed by atoms with van der Waals surface area (Å²) in [6.07, 6.45) is 8.38. The van der Waals surface area contributed by atoms with Gasteiger partial charge in [0.2, 0.25) is 5.91 Å². The molecule has 1 aliphatic rings. The van der Waals surface area contributed by atoms with E-state index in [1.54, 1.807) is 6.20 Å². The van der Waals surface area contributed by atoms with E-state index >= 15 is 0 Å². The van der Waals surface area contributed by atoms with Crippen molar-refractivity contribution in [3.63, 3.8) is 0 Å². The number of hydrogen-bond acceptors (Lipinski definition) is 2. The van der Waals surface area contributed by atoms with Gasteiger partial charge >= 0.3 is 0 Å². The van der Waals surface area contributed by atoms with Crippen molar-refractivity contribution in [2.45, 2.75) is 50.5 Å². The summed E-state index contributed by atoms with van der Waals surface area (Å²) in [7, 11) is 0. The van der Waals surface area contributed by atoms with Gasteiger partial charge in [-0.15, -0.1) is 0 Å². The van der Waals surface area contributed by atoms with Crippen LogP contribution < -0.4 is 5.32 Å². The summed E-state index contributed by atoms with van der Waals surface area (Å²) in [6.45, 7) is 2.05. The largest absolute Gasteiger partial charge is 0.353 e. The van der Waals surface area contributed by atoms with E-state index in [0.29, 0.717) is 0 Å². The normalized spacial score (nSPS) is 17.4. The van der Waals surface area contributed by atoms with E-state index in [1.165, 1.54) is 5.56 Å². The molecule has 1 aromatic heterocycles. The molecule has 1 heterocycles. The first kappa shape index (κ1) is 17.0. The Morgan fingerprint density at radius 2 is 1.96 bits per heavy atom. The second-order valence-corrected chi connectivity index (χ2v) is 7.17. The van der Waals surface area contributed by atoms with Crippen LogP contribution in [0.25, 0.3) is 0 Å². The van der Waals surface area contributed by atoms with Gasteiger partial charge in [0, 0.05) is 23.5 Å². The number of nitrogens with one attached hydrogen (secondary N) is 1. The fourth-order valence-electron chi connectivity index (χ4n) is 3.66. The van der Waals surface area contributed by atoms with Crippen molar-refractivity contribution in [3.8, 4) is 0 Å². The second kappa shape index (κ2) is 7.35. The van der Waals surface area contributed by atoms with Gasteiger partial charge in [-0.25, -0.2) is 0 Å². The molecule has 1 fully saturated rings. The molecule has 4 heteroatoms. The molecule has 3 rings (SSSR count). The molecule has 2 aromatic rings. The number of benzene rings is 1. The van der Waals surface area contributed by atoms with Crippen LogP contribution in [0.4, 0.5) is 0 Å². The zero-order chi connectivity index (χ0) is 17.0. The molecular weight excluding hydrogens is 320 g/mol. The highest BCUT2D eigenvalue weighted by Crippen LogP contribution is 2.41. The topological polar surface area (TPSA) is 42.0 Å². The number of aromatic nitrogens is 1. The van der Waals surface area contributed by atoms with Gasteiger partial charge in [-0.05, 0) is 55.5 Å². The fourth-order valence-corrected chi connectivity index (χ4v) is 3.78. The van der Waals surface area contributed by atoms with Crippen molar-refractivity contribution in [2.75, 3.05) is 0 Å². The second-order valence-electron chi connectivity index (χ2n) is 6.74. The van der Waals surface area contributed by atoms with Gasteiger partial charge in [0.1, 0.15) is 0 Å². The minimum absolute atomic E-state index is 0.0767. The average Bonchev–Trinajstić information content (AvgIpc) is 3.09. The van der Waals surface area contributed by atoms with Crippen LogP contribution in [0.15, 0.2) is 48.8 Å². The Bertz CT molecular complexity index is 679. The van der Waals surface area contributed by atoms with Gasteiger partial charge in [0.15, 0.2) is 0 Å². The maximum Gasteiger partial charge on any atom is 0.230 e. The third-order valence-corrected chi connectivity index (χ3v) is 5.19. The third-order valence-electron chi connectivity index (χ3n) is 4.94. The molecule has 0 spiro atoms. The van der Waals surface area contributed by atoms with Gasteiger partial charge in [-0.2, -0.15) is 0 Å². The number of rotatable bonds is 5. The summed E-state index contributed by atoms with van der Waals surface area (Å²) >= 11 is 5.93. The molecule has 1 amide bonds. The first-order valence-electron chi connectivity index (χ1n) is 8.56. The minimum atomic E-state index is -0.414. The lowest BCUT2D eigenvalue weighted by molar-refractivity contribution is -0.127. The first-order valence-corrected chi connectivity index (χ1v) is 8.94. The molecule has 1 unspecified atom stereocenters. The zero-order valence-corrected chi connectivity index (χ0v) is 14.7. The van der Waals surface area contributed by atoms with Crippen LogP contribution in [0.1, 0.15) is 43.7 Å². The quantitative estimate of drug-likeness (QED) is 0.880. The van der Waals surface area contributed by atoms with Crippen LogP contribution >= 0.6 is 11.6 Å². The van der Waals surface area contributed by atoms with Crippen LogP contribution in [0.3, 0.4) is 0 Å². The van der Waals surface area contributed by atoms with Crippen LogP contribution in [0.2, 0.25) is 5.02 Å². The molecule has 3 nitrogen and oxygen atoms in total. The third kappa shape index (κ3) is 3.62. The number of halogens is 1. The van der Waals surface area contributed by atoms with E-state index in [9.17, 15) is 4.79 Å². The van der Waals surface area contributed by atoms with E-state index in [2.05, 4.69) is 17.2 Å². The summed E-state index contributed by atoms with van der Waals surface area (Å²) < 4.78 is 0. The molecule has 126 valence electrons. The standard InChI is InChI=1S/C20H23ClN2O/c1-15(13-16-6-8-18(21)9-7-16)23-19(24)20(10-2-3-11-20)17-5-4-12-22-14-17/h4-9,12,14-15H,2-3,10-11,13H2,1H3,(H,23,24). The Hall–Kier alpha value is -1.87. The van der Waals surface area contributed by atoms with Gasteiger partial charge < -0.3 is 5.32 Å². The maximum atomic E-state index is 13.1. The molecule has 0 saturated heterocycles. The van der Waals surface area contributed by atoms with Crippen LogP contribution in [-0.4, -0.2) is 16.9 Å². The summed E-state index contributed by atoms with van der Waals surface area (Å²) in [6, 6.07) is 11.8. The van der Waals surface area contributed by atoms with Gasteiger partial charge in [0.05, 0.1) is 5.41 Å². The lowest BCUT2D eigenvalue weighted by Crippen LogP contribution is -2.46. The number of nitrogens with zero attached hydrogens (tertiary/aromatic N) is 1. The molecule has 0 radical (unpaired) electrons. The molecule has 24 heavy (non-hydrogen) atoms. The summed E-state index contributed by atoms with van der Waals surface area (Å²) in [5.41, 5.74) is 1.80. The molecule has 1 saturated carbocycles. The molecule has 0 aliphatic heterocycles. The zero-order valence-electron chi connectivity index (χ0n) is 14.0. The first-order chi connectivity index (χ1) is 11.6. The monoisotopic (exact) mass is 342 g/mol. The summed E-state index contributed by atoms with van der Waals surface area (Å²) in [5, 5.41) is 3.96. The molecule has 1 N–H and O–H groups in total. The van der Waals surface area contributed by atoms with Crippen molar-refractivity contribution < 1.29 is 4.79 Å². The number of pyridine rings is 1. The van der Waals surface area contributed by atoms with Crippen molar-refractivity contribution >= 4 is 17.5 Å². The van der Waals surface area contributed by atoms with Crippen molar-refractivity contribution in [2.24, 2.45) is 0 Å². The van der Waals surface area contributed by atoms with E-state index in [4.69, 9.17) is 11.6 Å². The maximum absolute atomic E-state index is 13.1. The van der Waals surface area contributed by atoms with Crippen LogP contribution in [0, 0.1) is 0 Å². The van der Waals surface area contributed by atoms with Crippen molar-refractivity contribution in [3.05, 3.63) is 64.9 Å². The molecule has 1 atom stereocenters. The van der Waals surface area contributed by atoms with Crippen molar-refractivity contribution in [1.29, 1.82) is 0 Å². The lowest BCUT2D eigenvalue weighted by Gasteiger charge is -2.29. The fraction of sp³-hybridized carbons (Fsp3) is 0.400. The highest BCUT2D eigenvalue weighted by atomic mass is 35.5. The van der Waals surface area contributed by atoms with E-state index in [-0.39, 0.29) is 11.9 Å².